The summed E-state index contributed by atoms with van der Waals surface area (Å²) in [5, 5.41) is 0. The van der Waals surface area contributed by atoms with E-state index in [4.69, 9.17) is 5.73 Å². The lowest BCUT2D eigenvalue weighted by Crippen LogP contribution is -2.44. The van der Waals surface area contributed by atoms with Gasteiger partial charge in [0, 0.05) is 19.3 Å². The maximum Gasteiger partial charge on any atom is 0.239 e. The summed E-state index contributed by atoms with van der Waals surface area (Å²) in [5.74, 6) is -0.208. The smallest absolute Gasteiger partial charge is 0.239 e. The summed E-state index contributed by atoms with van der Waals surface area (Å²) >= 11 is 0. The van der Waals surface area contributed by atoms with Crippen LogP contribution in [0.5, 0.6) is 0 Å². The molecule has 2 N–H and O–H groups in total. The third-order valence-corrected chi connectivity index (χ3v) is 4.76. The summed E-state index contributed by atoms with van der Waals surface area (Å²) in [4.78, 5) is 14.1. The number of amides is 1. The van der Waals surface area contributed by atoms with Gasteiger partial charge in [0.05, 0.1) is 11.8 Å². The molecule has 1 amide bonds. The number of aryl methyl sites for hydroxylation is 1. The third kappa shape index (κ3) is 4.54. The highest BCUT2D eigenvalue weighted by Gasteiger charge is 2.24. The average Bonchev–Trinajstić information content (AvgIpc) is 2.65. The van der Waals surface area contributed by atoms with E-state index >= 15 is 0 Å². The predicted octanol–water partition coefficient (Wildman–Crippen LogP) is 0.723. The number of benzene rings is 1. The van der Waals surface area contributed by atoms with Crippen molar-refractivity contribution >= 4 is 15.7 Å². The van der Waals surface area contributed by atoms with E-state index in [1.165, 1.54) is 5.56 Å². The minimum absolute atomic E-state index is 0.0513. The molecular formula is C15H22N2O3S. The summed E-state index contributed by atoms with van der Waals surface area (Å²) < 4.78 is 22.3. The van der Waals surface area contributed by atoms with Gasteiger partial charge in [-0.3, -0.25) is 4.79 Å². The molecule has 0 radical (unpaired) electrons. The first-order chi connectivity index (χ1) is 9.87. The molecule has 0 bridgehead atoms. The molecule has 21 heavy (non-hydrogen) atoms. The summed E-state index contributed by atoms with van der Waals surface area (Å²) in [7, 11) is -3.09. The molecular weight excluding hydrogens is 288 g/mol. The standard InChI is InChI=1S/C15H22N2O3S/c1-21(19,20)10-8-14(16)15(18)17-9-4-7-12-5-2-3-6-13(12)11-17/h2-3,5-6,14H,4,7-11,16H2,1H3. The molecule has 0 spiro atoms. The van der Waals surface area contributed by atoms with Gasteiger partial charge in [-0.1, -0.05) is 24.3 Å². The van der Waals surface area contributed by atoms with Crippen molar-refractivity contribution in [2.24, 2.45) is 5.73 Å². The van der Waals surface area contributed by atoms with Gasteiger partial charge in [0.15, 0.2) is 0 Å². The van der Waals surface area contributed by atoms with E-state index in [0.717, 1.165) is 24.7 Å². The van der Waals surface area contributed by atoms with Gasteiger partial charge >= 0.3 is 0 Å². The Kier molecular flexibility index (Phi) is 5.00. The normalized spacial score (nSPS) is 17.0. The fraction of sp³-hybridized carbons (Fsp3) is 0.533. The maximum absolute atomic E-state index is 12.4. The van der Waals surface area contributed by atoms with E-state index in [9.17, 15) is 13.2 Å². The van der Waals surface area contributed by atoms with E-state index in [2.05, 4.69) is 6.07 Å². The molecule has 2 rings (SSSR count). The number of fused-ring (bicyclic) bond motifs is 1. The van der Waals surface area contributed by atoms with Crippen LogP contribution in [0.25, 0.3) is 0 Å². The number of hydrogen-bond donors (Lipinski definition) is 1. The van der Waals surface area contributed by atoms with Crippen LogP contribution in [0, 0.1) is 0 Å². The van der Waals surface area contributed by atoms with Crippen molar-refractivity contribution in [1.29, 1.82) is 0 Å². The highest BCUT2D eigenvalue weighted by molar-refractivity contribution is 7.90. The van der Waals surface area contributed by atoms with Crippen molar-refractivity contribution in [2.45, 2.75) is 31.8 Å². The monoisotopic (exact) mass is 310 g/mol. The lowest BCUT2D eigenvalue weighted by molar-refractivity contribution is -0.133. The van der Waals surface area contributed by atoms with Gasteiger partial charge < -0.3 is 10.6 Å². The fourth-order valence-corrected chi connectivity index (χ4v) is 3.27. The SMILES string of the molecule is CS(=O)(=O)CCC(N)C(=O)N1CCCc2ccccc2C1. The van der Waals surface area contributed by atoms with Crippen molar-refractivity contribution in [1.82, 2.24) is 4.90 Å². The molecule has 1 aliphatic heterocycles. The molecule has 0 aromatic heterocycles. The van der Waals surface area contributed by atoms with Crippen molar-refractivity contribution in [3.8, 4) is 0 Å². The van der Waals surface area contributed by atoms with Crippen LogP contribution in [-0.2, 0) is 27.6 Å². The molecule has 0 saturated carbocycles. The second kappa shape index (κ2) is 6.58. The van der Waals surface area contributed by atoms with Gasteiger partial charge in [-0.15, -0.1) is 0 Å². The highest BCUT2D eigenvalue weighted by atomic mass is 32.2. The largest absolute Gasteiger partial charge is 0.337 e. The molecule has 1 aromatic carbocycles. The Hall–Kier alpha value is -1.40. The first-order valence-electron chi connectivity index (χ1n) is 7.16. The Morgan fingerprint density at radius 3 is 2.67 bits per heavy atom. The van der Waals surface area contributed by atoms with Crippen LogP contribution in [0.15, 0.2) is 24.3 Å². The van der Waals surface area contributed by atoms with Crippen molar-refractivity contribution in [3.05, 3.63) is 35.4 Å². The Balaban J connectivity index is 2.02. The van der Waals surface area contributed by atoms with Gasteiger partial charge in [0.1, 0.15) is 9.84 Å². The molecule has 1 atom stereocenters. The number of carbonyl (C=O) groups excluding carboxylic acids is 1. The Labute approximate surface area is 126 Å². The van der Waals surface area contributed by atoms with Crippen LogP contribution >= 0.6 is 0 Å². The van der Waals surface area contributed by atoms with Gasteiger partial charge in [-0.25, -0.2) is 8.42 Å². The summed E-state index contributed by atoms with van der Waals surface area (Å²) in [5.41, 5.74) is 8.30. The van der Waals surface area contributed by atoms with Gasteiger partial charge in [-0.2, -0.15) is 0 Å². The molecule has 6 heteroatoms. The number of hydrogen-bond acceptors (Lipinski definition) is 4. The first-order valence-corrected chi connectivity index (χ1v) is 9.22. The number of rotatable bonds is 4. The molecule has 0 aliphatic carbocycles. The number of nitrogens with two attached hydrogens (primary N) is 1. The van der Waals surface area contributed by atoms with E-state index in [0.29, 0.717) is 13.1 Å². The summed E-state index contributed by atoms with van der Waals surface area (Å²) in [6.45, 7) is 1.22. The van der Waals surface area contributed by atoms with Crippen LogP contribution < -0.4 is 5.73 Å². The quantitative estimate of drug-likeness (QED) is 0.889. The molecule has 0 saturated heterocycles. The first kappa shape index (κ1) is 16.0. The zero-order valence-electron chi connectivity index (χ0n) is 12.3. The van der Waals surface area contributed by atoms with Crippen LogP contribution in [0.4, 0.5) is 0 Å². The fourth-order valence-electron chi connectivity index (χ4n) is 2.59. The molecule has 1 aliphatic rings. The van der Waals surface area contributed by atoms with Gasteiger partial charge in [0.25, 0.3) is 0 Å². The average molecular weight is 310 g/mol. The van der Waals surface area contributed by atoms with E-state index in [1.807, 2.05) is 18.2 Å². The molecule has 1 aromatic rings. The van der Waals surface area contributed by atoms with Gasteiger partial charge in [0.2, 0.25) is 5.91 Å². The van der Waals surface area contributed by atoms with Crippen LogP contribution in [-0.4, -0.2) is 43.8 Å². The molecule has 5 nitrogen and oxygen atoms in total. The zero-order valence-corrected chi connectivity index (χ0v) is 13.1. The molecule has 116 valence electrons. The Morgan fingerprint density at radius 1 is 1.33 bits per heavy atom. The van der Waals surface area contributed by atoms with Crippen molar-refractivity contribution < 1.29 is 13.2 Å². The third-order valence-electron chi connectivity index (χ3n) is 3.78. The zero-order chi connectivity index (χ0) is 15.5. The van der Waals surface area contributed by atoms with Crippen LogP contribution in [0.1, 0.15) is 24.0 Å². The second-order valence-corrected chi connectivity index (χ2v) is 7.92. The van der Waals surface area contributed by atoms with Crippen LogP contribution in [0.3, 0.4) is 0 Å². The maximum atomic E-state index is 12.4. The van der Waals surface area contributed by atoms with E-state index in [-0.39, 0.29) is 18.1 Å². The minimum Gasteiger partial charge on any atom is -0.337 e. The number of nitrogens with zero attached hydrogens (tertiary/aromatic N) is 1. The summed E-state index contributed by atoms with van der Waals surface area (Å²) in [6.07, 6.45) is 3.20. The minimum atomic E-state index is -3.09. The Bertz CT molecular complexity index is 613. The van der Waals surface area contributed by atoms with Crippen molar-refractivity contribution in [3.63, 3.8) is 0 Å². The Morgan fingerprint density at radius 2 is 2.00 bits per heavy atom. The molecule has 0 fully saturated rings. The van der Waals surface area contributed by atoms with E-state index < -0.39 is 15.9 Å². The topological polar surface area (TPSA) is 80.5 Å². The van der Waals surface area contributed by atoms with E-state index in [1.54, 1.807) is 4.90 Å². The van der Waals surface area contributed by atoms with Gasteiger partial charge in [-0.05, 0) is 30.4 Å². The number of sulfone groups is 1. The predicted molar refractivity (Wildman–Crippen MR) is 82.5 cm³/mol. The lowest BCUT2D eigenvalue weighted by atomic mass is 10.0. The highest BCUT2D eigenvalue weighted by Crippen LogP contribution is 2.19. The lowest BCUT2D eigenvalue weighted by Gasteiger charge is -2.24. The van der Waals surface area contributed by atoms with Crippen molar-refractivity contribution in [2.75, 3.05) is 18.6 Å². The summed E-state index contributed by atoms with van der Waals surface area (Å²) in [6, 6.07) is 7.35. The molecule has 1 unspecified atom stereocenters. The second-order valence-electron chi connectivity index (χ2n) is 5.66. The number of carbonyl (C=O) groups is 1. The van der Waals surface area contributed by atoms with Crippen LogP contribution in [0.2, 0.25) is 0 Å². The molecule has 1 heterocycles.